The predicted molar refractivity (Wildman–Crippen MR) is 111 cm³/mol. The lowest BCUT2D eigenvalue weighted by Gasteiger charge is -2.19. The average Bonchev–Trinajstić information content (AvgIpc) is 2.63. The molecule has 0 aliphatic heterocycles. The van der Waals surface area contributed by atoms with Crippen molar-refractivity contribution < 1.29 is 7.31 Å². The summed E-state index contributed by atoms with van der Waals surface area (Å²) in [6, 6.07) is 19.1. The molecule has 2 aromatic carbocycles. The molecular weight excluding hydrogens is 314 g/mol. The van der Waals surface area contributed by atoms with Crippen molar-refractivity contribution in [1.82, 2.24) is 0 Å². The smallest absolute Gasteiger partial charge is 0.201 e. The van der Waals surface area contributed by atoms with Crippen LogP contribution < -0.4 is 4.57 Å². The highest BCUT2D eigenvalue weighted by Gasteiger charge is 2.20. The summed E-state index contributed by atoms with van der Waals surface area (Å²) in [5.74, 6) is 0. The summed E-state index contributed by atoms with van der Waals surface area (Å²) in [5.41, 5.74) is 7.13. The monoisotopic (exact) mass is 346 g/mol. The molecule has 0 N–H and O–H groups in total. The minimum atomic E-state index is -1.41. The average molecular weight is 347 g/mol. The van der Waals surface area contributed by atoms with Crippen LogP contribution in [0.2, 0.25) is 0 Å². The third kappa shape index (κ3) is 4.04. The molecule has 0 fully saturated rings. The Balaban J connectivity index is 2.14. The van der Waals surface area contributed by atoms with Crippen LogP contribution in [0.15, 0.2) is 60.8 Å². The Morgan fingerprint density at radius 1 is 0.885 bits per heavy atom. The summed E-state index contributed by atoms with van der Waals surface area (Å²) < 4.78 is 19.4. The molecule has 0 saturated carbocycles. The largest absolute Gasteiger partial charge is 0.212 e. The van der Waals surface area contributed by atoms with E-state index in [-0.39, 0.29) is 0 Å². The van der Waals surface area contributed by atoms with E-state index in [1.54, 1.807) is 0 Å². The first-order valence-corrected chi connectivity index (χ1v) is 9.19. The second-order valence-corrected chi connectivity index (χ2v) is 8.14. The zero-order valence-electron chi connectivity index (χ0n) is 18.7. The number of benzene rings is 2. The van der Waals surface area contributed by atoms with E-state index in [1.807, 2.05) is 47.0 Å². The minimum Gasteiger partial charge on any atom is -0.201 e. The second-order valence-electron chi connectivity index (χ2n) is 8.14. The highest BCUT2D eigenvalue weighted by Crippen LogP contribution is 2.29. The van der Waals surface area contributed by atoms with Gasteiger partial charge in [-0.15, -0.1) is 0 Å². The fraction of sp³-hybridized carbons (Fsp3) is 0.320. The van der Waals surface area contributed by atoms with Crippen LogP contribution in [-0.2, 0) is 13.4 Å². The van der Waals surface area contributed by atoms with Crippen molar-refractivity contribution in [1.29, 1.82) is 0 Å². The quantitative estimate of drug-likeness (QED) is 0.508. The van der Waals surface area contributed by atoms with Gasteiger partial charge in [0.1, 0.15) is 7.05 Å². The van der Waals surface area contributed by atoms with Crippen LogP contribution >= 0.6 is 0 Å². The highest BCUT2D eigenvalue weighted by molar-refractivity contribution is 5.73. The molecule has 1 heterocycles. The minimum absolute atomic E-state index is 0.477. The van der Waals surface area contributed by atoms with Gasteiger partial charge in [-0.2, -0.15) is 0 Å². The van der Waals surface area contributed by atoms with E-state index >= 15 is 0 Å². The predicted octanol–water partition coefficient (Wildman–Crippen LogP) is 6.05. The summed E-state index contributed by atoms with van der Waals surface area (Å²) in [6.45, 7) is 10.00. The summed E-state index contributed by atoms with van der Waals surface area (Å²) in [4.78, 5) is 0. The van der Waals surface area contributed by atoms with Crippen LogP contribution in [0.25, 0.3) is 22.4 Å². The lowest BCUT2D eigenvalue weighted by molar-refractivity contribution is -0.660. The van der Waals surface area contributed by atoms with Gasteiger partial charge in [0.2, 0.25) is 5.69 Å². The number of hydrogen-bond donors (Lipinski definition) is 0. The molecule has 1 heteroatoms. The van der Waals surface area contributed by atoms with E-state index in [0.717, 1.165) is 16.8 Å². The van der Waals surface area contributed by atoms with Gasteiger partial charge in [0, 0.05) is 19.9 Å². The topological polar surface area (TPSA) is 3.88 Å². The van der Waals surface area contributed by atoms with Gasteiger partial charge in [-0.25, -0.2) is 4.57 Å². The van der Waals surface area contributed by atoms with E-state index in [0.29, 0.717) is 0 Å². The molecule has 0 atom stereocenters. The van der Waals surface area contributed by atoms with Crippen LogP contribution in [-0.4, -0.2) is 0 Å². The molecule has 0 aliphatic carbocycles. The van der Waals surface area contributed by atoms with Gasteiger partial charge in [-0.05, 0) is 54.0 Å². The molecule has 0 spiro atoms. The van der Waals surface area contributed by atoms with Crippen LogP contribution in [0.3, 0.4) is 0 Å². The second kappa shape index (κ2) is 7.07. The maximum atomic E-state index is 8.67. The summed E-state index contributed by atoms with van der Waals surface area (Å²) in [5, 5.41) is 0. The van der Waals surface area contributed by atoms with E-state index in [1.165, 1.54) is 22.3 Å². The van der Waals surface area contributed by atoms with E-state index in [2.05, 4.69) is 60.0 Å². The maximum Gasteiger partial charge on any atom is 0.212 e. The third-order valence-electron chi connectivity index (χ3n) is 4.61. The first kappa shape index (κ1) is 15.8. The lowest BCUT2D eigenvalue weighted by atomic mass is 9.86. The van der Waals surface area contributed by atoms with Crippen molar-refractivity contribution in [3.63, 3.8) is 0 Å². The van der Waals surface area contributed by atoms with Gasteiger partial charge in [0.15, 0.2) is 6.20 Å². The van der Waals surface area contributed by atoms with Crippen LogP contribution in [0.4, 0.5) is 0 Å². The zero-order valence-corrected chi connectivity index (χ0v) is 16.7. The Morgan fingerprint density at radius 3 is 2.23 bits per heavy atom. The molecule has 0 bridgehead atoms. The molecule has 1 aromatic heterocycles. The van der Waals surface area contributed by atoms with Crippen LogP contribution in [0, 0.1) is 19.3 Å². The van der Waals surface area contributed by atoms with Crippen molar-refractivity contribution in [2.45, 2.75) is 41.0 Å². The number of aryl methyl sites for hydroxylation is 3. The zero-order chi connectivity index (χ0) is 20.7. The number of rotatable bonds is 3. The fourth-order valence-electron chi connectivity index (χ4n) is 3.26. The lowest BCUT2D eigenvalue weighted by Crippen LogP contribution is -2.32. The first-order chi connectivity index (χ1) is 13.0. The van der Waals surface area contributed by atoms with E-state index in [4.69, 9.17) is 2.74 Å². The van der Waals surface area contributed by atoms with Crippen LogP contribution in [0.5, 0.6) is 0 Å². The van der Waals surface area contributed by atoms with Gasteiger partial charge in [0.05, 0.1) is 0 Å². The molecule has 134 valence electrons. The van der Waals surface area contributed by atoms with Crippen molar-refractivity contribution >= 4 is 0 Å². The standard InChI is InChI=1S/C25H30N/c1-18-12-13-21(20-10-8-7-9-11-20)15-23(18)24-14-19(2)22(17-26(24)6)16-25(3,4)5/h7-15,17H,16H2,1-6H3/q+1/i16D2. The third-order valence-corrected chi connectivity index (χ3v) is 4.61. The number of aromatic nitrogens is 1. The first-order valence-electron chi connectivity index (χ1n) is 10.2. The molecule has 0 radical (unpaired) electrons. The molecule has 3 rings (SSSR count). The van der Waals surface area contributed by atoms with Crippen molar-refractivity contribution in [3.05, 3.63) is 77.5 Å². The molecule has 0 aliphatic rings. The summed E-state index contributed by atoms with van der Waals surface area (Å²) in [7, 11) is 2.01. The maximum absolute atomic E-state index is 8.67. The summed E-state index contributed by atoms with van der Waals surface area (Å²) >= 11 is 0. The SMILES string of the molecule is [2H]C([2H])(c1c[n+](C)c(-c2cc(-c3ccccc3)ccc2C)cc1C)C(C)(C)C. The van der Waals surface area contributed by atoms with Gasteiger partial charge >= 0.3 is 0 Å². The molecule has 3 aromatic rings. The highest BCUT2D eigenvalue weighted by atomic mass is 14.9. The number of hydrogen-bond acceptors (Lipinski definition) is 0. The van der Waals surface area contributed by atoms with Crippen LogP contribution in [0.1, 0.15) is 40.2 Å². The molecule has 0 amide bonds. The Hall–Kier alpha value is -2.41. The van der Waals surface area contributed by atoms with Crippen molar-refractivity contribution in [2.75, 3.05) is 0 Å². The van der Waals surface area contributed by atoms with Gasteiger partial charge < -0.3 is 0 Å². The van der Waals surface area contributed by atoms with Crippen molar-refractivity contribution in [2.24, 2.45) is 12.5 Å². The molecule has 1 nitrogen and oxygen atoms in total. The molecule has 0 unspecified atom stereocenters. The number of nitrogens with zero attached hydrogens (tertiary/aromatic N) is 1. The van der Waals surface area contributed by atoms with Gasteiger partial charge in [0.25, 0.3) is 0 Å². The normalized spacial score (nSPS) is 13.3. The number of pyridine rings is 1. The summed E-state index contributed by atoms with van der Waals surface area (Å²) in [6.07, 6.45) is 0.554. The Bertz CT molecular complexity index is 999. The molecule has 26 heavy (non-hydrogen) atoms. The fourth-order valence-corrected chi connectivity index (χ4v) is 3.26. The Morgan fingerprint density at radius 2 is 1.58 bits per heavy atom. The van der Waals surface area contributed by atoms with E-state index < -0.39 is 11.8 Å². The Kier molecular flexibility index (Phi) is 4.30. The molecular formula is C25H30N+. The molecule has 0 saturated heterocycles. The van der Waals surface area contributed by atoms with Gasteiger partial charge in [-0.1, -0.05) is 63.2 Å². The van der Waals surface area contributed by atoms with Crippen molar-refractivity contribution in [3.8, 4) is 22.4 Å². The van der Waals surface area contributed by atoms with Gasteiger partial charge in [-0.3, -0.25) is 0 Å². The van der Waals surface area contributed by atoms with E-state index in [9.17, 15) is 0 Å². The Labute approximate surface area is 161 Å².